The van der Waals surface area contributed by atoms with Gasteiger partial charge in [-0.25, -0.2) is 9.78 Å². The first-order valence-electron chi connectivity index (χ1n) is 11.1. The lowest BCUT2D eigenvalue weighted by Gasteiger charge is -2.25. The van der Waals surface area contributed by atoms with Crippen molar-refractivity contribution in [2.24, 2.45) is 22.2 Å². The second-order valence-electron chi connectivity index (χ2n) is 7.82. The lowest BCUT2D eigenvalue weighted by molar-refractivity contribution is -0.142. The van der Waals surface area contributed by atoms with E-state index in [2.05, 4.69) is 30.9 Å². The van der Waals surface area contributed by atoms with Gasteiger partial charge in [0.1, 0.15) is 24.2 Å². The molecule has 15 nitrogen and oxygen atoms in total. The van der Waals surface area contributed by atoms with Gasteiger partial charge in [0.15, 0.2) is 5.96 Å². The number of amides is 3. The van der Waals surface area contributed by atoms with Crippen LogP contribution in [-0.2, 0) is 25.6 Å². The molecule has 0 saturated heterocycles. The summed E-state index contributed by atoms with van der Waals surface area (Å²) in [6.07, 6.45) is 5.26. The molecule has 1 heterocycles. The summed E-state index contributed by atoms with van der Waals surface area (Å²) in [5.74, 6) is -3.01. The first-order valence-corrected chi connectivity index (χ1v) is 12.5. The molecule has 3 amide bonds. The Morgan fingerprint density at radius 3 is 2.22 bits per heavy atom. The fraction of sp³-hybridized carbons (Fsp3) is 0.600. The maximum Gasteiger partial charge on any atom is 0.326 e. The highest BCUT2D eigenvalue weighted by Crippen LogP contribution is 2.06. The molecule has 12 N–H and O–H groups in total. The predicted octanol–water partition coefficient (Wildman–Crippen LogP) is -3.38. The number of hydrogen-bond donors (Lipinski definition) is 9. The van der Waals surface area contributed by atoms with Gasteiger partial charge >= 0.3 is 5.97 Å². The predicted molar refractivity (Wildman–Crippen MR) is 134 cm³/mol. The number of carboxylic acids is 1. The third-order valence-corrected chi connectivity index (χ3v) is 5.59. The minimum atomic E-state index is -1.26. The van der Waals surface area contributed by atoms with E-state index in [1.54, 1.807) is 0 Å². The fourth-order valence-corrected chi connectivity index (χ4v) is 3.47. The number of carbonyl (C=O) groups is 4. The van der Waals surface area contributed by atoms with Crippen LogP contribution in [0.3, 0.4) is 0 Å². The number of aliphatic hydroxyl groups excluding tert-OH is 1. The molecule has 4 atom stereocenters. The number of guanidine groups is 1. The van der Waals surface area contributed by atoms with Crippen molar-refractivity contribution in [1.29, 1.82) is 0 Å². The van der Waals surface area contributed by atoms with Gasteiger partial charge in [-0.2, -0.15) is 11.8 Å². The van der Waals surface area contributed by atoms with Crippen molar-refractivity contribution in [3.05, 3.63) is 18.2 Å². The van der Waals surface area contributed by atoms with E-state index in [9.17, 15) is 24.3 Å². The minimum Gasteiger partial charge on any atom is -0.480 e. The number of nitrogens with zero attached hydrogens (tertiary/aromatic N) is 2. The molecule has 36 heavy (non-hydrogen) atoms. The Morgan fingerprint density at radius 1 is 1.08 bits per heavy atom. The molecule has 1 rings (SSSR count). The summed E-state index contributed by atoms with van der Waals surface area (Å²) in [6, 6.07) is -4.68. The number of carboxylic acid groups (broad SMARTS) is 1. The van der Waals surface area contributed by atoms with Gasteiger partial charge in [-0.05, 0) is 31.3 Å². The van der Waals surface area contributed by atoms with Gasteiger partial charge in [0.2, 0.25) is 17.7 Å². The molecule has 0 radical (unpaired) electrons. The van der Waals surface area contributed by atoms with Gasteiger partial charge in [-0.3, -0.25) is 19.4 Å². The van der Waals surface area contributed by atoms with E-state index >= 15 is 0 Å². The van der Waals surface area contributed by atoms with Crippen LogP contribution in [0.1, 0.15) is 25.0 Å². The Labute approximate surface area is 212 Å². The minimum absolute atomic E-state index is 0.0349. The van der Waals surface area contributed by atoms with Crippen LogP contribution in [0.4, 0.5) is 0 Å². The number of aliphatic carboxylic acids is 1. The van der Waals surface area contributed by atoms with Gasteiger partial charge in [-0.1, -0.05) is 0 Å². The summed E-state index contributed by atoms with van der Waals surface area (Å²) >= 11 is 1.44. The molecule has 0 aliphatic heterocycles. The number of nitrogens with two attached hydrogens (primary N) is 3. The standard InChI is InChI=1S/C20H35N9O6S/c1-36-6-4-14(18(33)29-15(19(34)35)7-11-8-24-10-26-11)28-17(32)13(3-2-5-25-20(22)23)27-16(31)12(21)9-30/h8,10,12-15,30H,2-7,9,21H2,1H3,(H,24,26)(H,27,31)(H,28,32)(H,29,33)(H,34,35)(H4,22,23,25). The lowest BCUT2D eigenvalue weighted by atomic mass is 10.1. The number of rotatable bonds is 17. The van der Waals surface area contributed by atoms with Gasteiger partial charge in [0, 0.05) is 24.9 Å². The number of nitrogens with one attached hydrogen (secondary N) is 4. The molecule has 0 aliphatic carbocycles. The maximum absolute atomic E-state index is 13.0. The van der Waals surface area contributed by atoms with Gasteiger partial charge < -0.3 is 48.3 Å². The van der Waals surface area contributed by atoms with Crippen LogP contribution >= 0.6 is 11.8 Å². The molecule has 202 valence electrons. The molecule has 0 saturated carbocycles. The zero-order chi connectivity index (χ0) is 27.1. The highest BCUT2D eigenvalue weighted by Gasteiger charge is 2.30. The van der Waals surface area contributed by atoms with E-state index < -0.39 is 54.5 Å². The number of hydrogen-bond acceptors (Lipinski definition) is 9. The van der Waals surface area contributed by atoms with Crippen molar-refractivity contribution in [3.8, 4) is 0 Å². The molecule has 4 unspecified atom stereocenters. The van der Waals surface area contributed by atoms with Crippen LogP contribution in [0.25, 0.3) is 0 Å². The lowest BCUT2D eigenvalue weighted by Crippen LogP contribution is -2.57. The summed E-state index contributed by atoms with van der Waals surface area (Å²) in [5, 5.41) is 26.1. The summed E-state index contributed by atoms with van der Waals surface area (Å²) in [6.45, 7) is -0.432. The second kappa shape index (κ2) is 16.3. The molecule has 1 aromatic heterocycles. The Morgan fingerprint density at radius 2 is 1.69 bits per heavy atom. The first kappa shape index (κ1) is 30.7. The fourth-order valence-electron chi connectivity index (χ4n) is 3.00. The number of aromatic nitrogens is 2. The molecular formula is C20H35N9O6S. The first-order chi connectivity index (χ1) is 17.1. The monoisotopic (exact) mass is 529 g/mol. The Hall–Kier alpha value is -3.37. The van der Waals surface area contributed by atoms with Gasteiger partial charge in [0.05, 0.1) is 12.9 Å². The van der Waals surface area contributed by atoms with Crippen molar-refractivity contribution in [1.82, 2.24) is 25.9 Å². The second-order valence-corrected chi connectivity index (χ2v) is 8.81. The maximum atomic E-state index is 13.0. The van der Waals surface area contributed by atoms with Gasteiger partial charge in [0.25, 0.3) is 0 Å². The van der Waals surface area contributed by atoms with Crippen molar-refractivity contribution in [3.63, 3.8) is 0 Å². The van der Waals surface area contributed by atoms with E-state index in [4.69, 9.17) is 22.3 Å². The Bertz CT molecular complexity index is 879. The third-order valence-electron chi connectivity index (χ3n) is 4.95. The van der Waals surface area contributed by atoms with Crippen molar-refractivity contribution >= 4 is 41.4 Å². The van der Waals surface area contributed by atoms with Crippen LogP contribution < -0.4 is 33.2 Å². The molecule has 0 fully saturated rings. The van der Waals surface area contributed by atoms with E-state index in [0.29, 0.717) is 17.9 Å². The number of thioether (sulfide) groups is 1. The molecule has 0 aliphatic rings. The molecule has 0 bridgehead atoms. The van der Waals surface area contributed by atoms with E-state index in [0.717, 1.165) is 0 Å². The van der Waals surface area contributed by atoms with E-state index in [1.807, 2.05) is 6.26 Å². The topological polar surface area (TPSA) is 264 Å². The van der Waals surface area contributed by atoms with Crippen molar-refractivity contribution in [2.45, 2.75) is 49.9 Å². The summed E-state index contributed by atoms with van der Waals surface area (Å²) < 4.78 is 0. The summed E-state index contributed by atoms with van der Waals surface area (Å²) in [4.78, 5) is 60.3. The molecule has 0 spiro atoms. The van der Waals surface area contributed by atoms with Crippen LogP contribution in [0.2, 0.25) is 0 Å². The van der Waals surface area contributed by atoms with Crippen molar-refractivity contribution in [2.75, 3.05) is 25.2 Å². The number of aliphatic hydroxyl groups is 1. The molecule has 16 heteroatoms. The molecule has 0 aromatic carbocycles. The number of aliphatic imine (C=N–C) groups is 1. The normalized spacial score (nSPS) is 14.1. The zero-order valence-corrected chi connectivity index (χ0v) is 20.8. The average molecular weight is 530 g/mol. The summed E-state index contributed by atoms with van der Waals surface area (Å²) in [7, 11) is 0. The third kappa shape index (κ3) is 11.4. The van der Waals surface area contributed by atoms with Crippen LogP contribution in [0, 0.1) is 0 Å². The van der Waals surface area contributed by atoms with E-state index in [1.165, 1.54) is 24.3 Å². The Kier molecular flexibility index (Phi) is 13.9. The van der Waals surface area contributed by atoms with Crippen LogP contribution in [0.5, 0.6) is 0 Å². The van der Waals surface area contributed by atoms with Gasteiger partial charge in [-0.15, -0.1) is 0 Å². The highest BCUT2D eigenvalue weighted by atomic mass is 32.2. The number of carbonyl (C=O) groups excluding carboxylic acids is 3. The largest absolute Gasteiger partial charge is 0.480 e. The summed E-state index contributed by atoms with van der Waals surface area (Å²) in [5.41, 5.74) is 16.6. The molecular weight excluding hydrogens is 494 g/mol. The van der Waals surface area contributed by atoms with Crippen LogP contribution in [-0.4, -0.2) is 99.2 Å². The van der Waals surface area contributed by atoms with Crippen LogP contribution in [0.15, 0.2) is 17.5 Å². The Balaban J connectivity index is 2.96. The average Bonchev–Trinajstić information content (AvgIpc) is 3.35. The van der Waals surface area contributed by atoms with E-state index in [-0.39, 0.29) is 31.8 Å². The number of imidazole rings is 1. The number of aromatic amines is 1. The zero-order valence-electron chi connectivity index (χ0n) is 20.0. The van der Waals surface area contributed by atoms with Crippen molar-refractivity contribution < 1.29 is 29.4 Å². The molecule has 1 aromatic rings. The highest BCUT2D eigenvalue weighted by molar-refractivity contribution is 7.98. The quantitative estimate of drug-likeness (QED) is 0.0545. The SMILES string of the molecule is CSCCC(NC(=O)C(CCCN=C(N)N)NC(=O)C(N)CO)C(=O)NC(Cc1cnc[nH]1)C(=O)O. The number of H-pyrrole nitrogens is 1. The smallest absolute Gasteiger partial charge is 0.326 e.